The molecule has 7 nitrogen and oxygen atoms in total. The molecule has 0 radical (unpaired) electrons. The zero-order valence-corrected chi connectivity index (χ0v) is 16.5. The van der Waals surface area contributed by atoms with Gasteiger partial charge < -0.3 is 10.2 Å². The van der Waals surface area contributed by atoms with Crippen molar-refractivity contribution in [2.24, 2.45) is 0 Å². The number of nitrogens with one attached hydrogen (secondary N) is 2. The van der Waals surface area contributed by atoms with Crippen LogP contribution >= 0.6 is 11.3 Å². The van der Waals surface area contributed by atoms with Gasteiger partial charge in [-0.25, -0.2) is 4.98 Å². The Balaban J connectivity index is 1.92. The molecule has 0 saturated carbocycles. The van der Waals surface area contributed by atoms with Crippen LogP contribution in [-0.2, 0) is 16.0 Å². The van der Waals surface area contributed by atoms with Crippen LogP contribution in [0.5, 0.6) is 0 Å². The third-order valence-corrected chi connectivity index (χ3v) is 4.47. The zero-order chi connectivity index (χ0) is 19.8. The van der Waals surface area contributed by atoms with E-state index in [4.69, 9.17) is 0 Å². The first-order valence-electron chi connectivity index (χ1n) is 8.77. The molecule has 0 atom stereocenters. The van der Waals surface area contributed by atoms with Crippen molar-refractivity contribution >= 4 is 34.2 Å². The van der Waals surface area contributed by atoms with E-state index in [2.05, 4.69) is 15.6 Å². The van der Waals surface area contributed by atoms with Gasteiger partial charge in [-0.3, -0.25) is 19.7 Å². The Kier molecular flexibility index (Phi) is 7.48. The summed E-state index contributed by atoms with van der Waals surface area (Å²) in [4.78, 5) is 42.2. The monoisotopic (exact) mass is 388 g/mol. The van der Waals surface area contributed by atoms with Crippen molar-refractivity contribution in [3.8, 4) is 0 Å². The maximum absolute atomic E-state index is 12.4. The molecule has 144 valence electrons. The molecule has 2 aromatic rings. The van der Waals surface area contributed by atoms with Gasteiger partial charge in [0.25, 0.3) is 5.91 Å². The maximum Gasteiger partial charge on any atom is 0.257 e. The summed E-state index contributed by atoms with van der Waals surface area (Å²) >= 11 is 1.26. The van der Waals surface area contributed by atoms with Crippen molar-refractivity contribution in [3.05, 3.63) is 47.0 Å². The SMILES string of the molecule is CCN(CC(=O)NC(C)C)C(=O)Cc1csc(NC(=O)c2ccccc2)n1. The van der Waals surface area contributed by atoms with E-state index < -0.39 is 0 Å². The molecule has 0 bridgehead atoms. The van der Waals surface area contributed by atoms with Crippen molar-refractivity contribution < 1.29 is 14.4 Å². The summed E-state index contributed by atoms with van der Waals surface area (Å²) in [6.07, 6.45) is 0.0838. The minimum atomic E-state index is -0.247. The van der Waals surface area contributed by atoms with Crippen LogP contribution in [0.4, 0.5) is 5.13 Å². The molecule has 3 amide bonds. The van der Waals surface area contributed by atoms with E-state index in [1.165, 1.54) is 16.2 Å². The van der Waals surface area contributed by atoms with Gasteiger partial charge in [0.15, 0.2) is 5.13 Å². The molecule has 2 rings (SSSR count). The highest BCUT2D eigenvalue weighted by Crippen LogP contribution is 2.17. The lowest BCUT2D eigenvalue weighted by Gasteiger charge is -2.20. The molecular formula is C19H24N4O3S. The molecule has 8 heteroatoms. The average molecular weight is 388 g/mol. The van der Waals surface area contributed by atoms with Crippen molar-refractivity contribution in [2.45, 2.75) is 33.2 Å². The van der Waals surface area contributed by atoms with E-state index in [0.717, 1.165) is 0 Å². The highest BCUT2D eigenvalue weighted by atomic mass is 32.1. The normalized spacial score (nSPS) is 10.5. The molecule has 0 aliphatic rings. The van der Waals surface area contributed by atoms with Crippen molar-refractivity contribution in [3.63, 3.8) is 0 Å². The van der Waals surface area contributed by atoms with Gasteiger partial charge >= 0.3 is 0 Å². The first-order valence-corrected chi connectivity index (χ1v) is 9.65. The summed E-state index contributed by atoms with van der Waals surface area (Å²) in [6, 6.07) is 8.88. The molecule has 0 saturated heterocycles. The number of amides is 3. The number of benzene rings is 1. The molecule has 1 heterocycles. The Hall–Kier alpha value is -2.74. The molecule has 0 spiro atoms. The second-order valence-corrected chi connectivity index (χ2v) is 7.13. The Labute approximate surface area is 162 Å². The Bertz CT molecular complexity index is 789. The summed E-state index contributed by atoms with van der Waals surface area (Å²) in [5, 5.41) is 7.68. The summed E-state index contributed by atoms with van der Waals surface area (Å²) in [5.41, 5.74) is 1.11. The smallest absolute Gasteiger partial charge is 0.257 e. The topological polar surface area (TPSA) is 91.4 Å². The Morgan fingerprint density at radius 3 is 2.52 bits per heavy atom. The van der Waals surface area contributed by atoms with Gasteiger partial charge in [0.2, 0.25) is 11.8 Å². The number of hydrogen-bond donors (Lipinski definition) is 2. The molecular weight excluding hydrogens is 364 g/mol. The lowest BCUT2D eigenvalue weighted by molar-refractivity contribution is -0.135. The third-order valence-electron chi connectivity index (χ3n) is 3.66. The molecule has 27 heavy (non-hydrogen) atoms. The van der Waals surface area contributed by atoms with Crippen molar-refractivity contribution in [1.82, 2.24) is 15.2 Å². The number of hydrogen-bond acceptors (Lipinski definition) is 5. The molecule has 0 aliphatic heterocycles. The second kappa shape index (κ2) is 9.82. The first-order chi connectivity index (χ1) is 12.9. The largest absolute Gasteiger partial charge is 0.352 e. The van der Waals surface area contributed by atoms with E-state index >= 15 is 0 Å². The minimum Gasteiger partial charge on any atom is -0.352 e. The van der Waals surface area contributed by atoms with E-state index in [9.17, 15) is 14.4 Å². The van der Waals surface area contributed by atoms with Crippen LogP contribution in [-0.4, -0.2) is 46.7 Å². The van der Waals surface area contributed by atoms with E-state index in [0.29, 0.717) is 22.9 Å². The third kappa shape index (κ3) is 6.49. The van der Waals surface area contributed by atoms with Gasteiger partial charge in [-0.05, 0) is 32.9 Å². The first kappa shape index (κ1) is 20.6. The number of carbonyl (C=O) groups is 3. The fourth-order valence-corrected chi connectivity index (χ4v) is 3.09. The quantitative estimate of drug-likeness (QED) is 0.726. The van der Waals surface area contributed by atoms with Crippen LogP contribution in [0.2, 0.25) is 0 Å². The maximum atomic E-state index is 12.4. The Morgan fingerprint density at radius 2 is 1.89 bits per heavy atom. The number of carbonyl (C=O) groups excluding carboxylic acids is 3. The highest BCUT2D eigenvalue weighted by molar-refractivity contribution is 7.14. The lowest BCUT2D eigenvalue weighted by Crippen LogP contribution is -2.43. The molecule has 1 aromatic heterocycles. The molecule has 2 N–H and O–H groups in total. The predicted octanol–water partition coefficient (Wildman–Crippen LogP) is 2.31. The fraction of sp³-hybridized carbons (Fsp3) is 0.368. The number of anilines is 1. The number of thiazole rings is 1. The number of aromatic nitrogens is 1. The van der Waals surface area contributed by atoms with Crippen LogP contribution in [0.1, 0.15) is 36.8 Å². The van der Waals surface area contributed by atoms with Gasteiger partial charge in [0.05, 0.1) is 18.7 Å². The van der Waals surface area contributed by atoms with Crippen LogP contribution in [0, 0.1) is 0 Å². The van der Waals surface area contributed by atoms with Crippen molar-refractivity contribution in [2.75, 3.05) is 18.4 Å². The van der Waals surface area contributed by atoms with Crippen LogP contribution in [0.15, 0.2) is 35.7 Å². The van der Waals surface area contributed by atoms with E-state index in [-0.39, 0.29) is 36.7 Å². The summed E-state index contributed by atoms with van der Waals surface area (Å²) in [5.74, 6) is -0.611. The summed E-state index contributed by atoms with van der Waals surface area (Å²) < 4.78 is 0. The van der Waals surface area contributed by atoms with Gasteiger partial charge in [-0.2, -0.15) is 0 Å². The van der Waals surface area contributed by atoms with Crippen molar-refractivity contribution in [1.29, 1.82) is 0 Å². The van der Waals surface area contributed by atoms with E-state index in [1.54, 1.807) is 29.6 Å². The van der Waals surface area contributed by atoms with E-state index in [1.807, 2.05) is 26.8 Å². The van der Waals surface area contributed by atoms with Gasteiger partial charge in [-0.1, -0.05) is 18.2 Å². The molecule has 0 aliphatic carbocycles. The molecule has 0 fully saturated rings. The number of rotatable bonds is 8. The fourth-order valence-electron chi connectivity index (χ4n) is 2.39. The standard InChI is InChI=1S/C19H24N4O3S/c1-4-23(11-16(24)20-13(2)3)17(25)10-15-12-27-19(21-15)22-18(26)14-8-6-5-7-9-14/h5-9,12-13H,4,10-11H2,1-3H3,(H,20,24)(H,21,22,26). The van der Waals surface area contributed by atoms with Crippen LogP contribution in [0.25, 0.3) is 0 Å². The predicted molar refractivity (Wildman–Crippen MR) is 106 cm³/mol. The van der Waals surface area contributed by atoms with Gasteiger partial charge in [0, 0.05) is 23.5 Å². The summed E-state index contributed by atoms with van der Waals surface area (Å²) in [7, 11) is 0. The molecule has 1 aromatic carbocycles. The zero-order valence-electron chi connectivity index (χ0n) is 15.7. The second-order valence-electron chi connectivity index (χ2n) is 6.27. The van der Waals surface area contributed by atoms with Crippen LogP contribution < -0.4 is 10.6 Å². The molecule has 0 unspecified atom stereocenters. The minimum absolute atomic E-state index is 0.0231. The summed E-state index contributed by atoms with van der Waals surface area (Å²) in [6.45, 7) is 6.03. The highest BCUT2D eigenvalue weighted by Gasteiger charge is 2.18. The number of likely N-dealkylation sites (N-methyl/N-ethyl adjacent to an activating group) is 1. The average Bonchev–Trinajstić information content (AvgIpc) is 3.06. The Morgan fingerprint density at radius 1 is 1.19 bits per heavy atom. The van der Waals surface area contributed by atoms with Gasteiger partial charge in [0.1, 0.15) is 0 Å². The van der Waals surface area contributed by atoms with Crippen LogP contribution in [0.3, 0.4) is 0 Å². The van der Waals surface area contributed by atoms with Gasteiger partial charge in [-0.15, -0.1) is 11.3 Å². The lowest BCUT2D eigenvalue weighted by atomic mass is 10.2. The number of nitrogens with zero attached hydrogens (tertiary/aromatic N) is 2.